The molecule has 0 heterocycles. The Bertz CT molecular complexity index is 384. The Labute approximate surface area is 116 Å². The van der Waals surface area contributed by atoms with Crippen molar-refractivity contribution in [3.8, 4) is 0 Å². The molecular formula is C13H18BrClFN. The summed E-state index contributed by atoms with van der Waals surface area (Å²) in [6.45, 7) is 7.13. The van der Waals surface area contributed by atoms with E-state index in [1.165, 1.54) is 0 Å². The summed E-state index contributed by atoms with van der Waals surface area (Å²) in [6, 6.07) is 3.97. The van der Waals surface area contributed by atoms with Crippen molar-refractivity contribution in [2.24, 2.45) is 0 Å². The first-order chi connectivity index (χ1) is 7.97. The summed E-state index contributed by atoms with van der Waals surface area (Å²) in [5, 5.41) is 3.50. The normalized spacial score (nSPS) is 14.7. The van der Waals surface area contributed by atoms with Gasteiger partial charge in [0, 0.05) is 10.5 Å². The molecule has 2 unspecified atom stereocenters. The highest BCUT2D eigenvalue weighted by atomic mass is 79.9. The van der Waals surface area contributed by atoms with Gasteiger partial charge in [-0.05, 0) is 53.4 Å². The third-order valence-corrected chi connectivity index (χ3v) is 4.11. The van der Waals surface area contributed by atoms with Crippen LogP contribution < -0.4 is 5.32 Å². The zero-order valence-electron chi connectivity index (χ0n) is 10.4. The van der Waals surface area contributed by atoms with Crippen LogP contribution >= 0.6 is 27.5 Å². The summed E-state index contributed by atoms with van der Waals surface area (Å²) in [4.78, 5) is 0. The topological polar surface area (TPSA) is 12.0 Å². The summed E-state index contributed by atoms with van der Waals surface area (Å²) < 4.78 is 14.6. The molecule has 0 aliphatic rings. The number of hydrogen-bond acceptors (Lipinski definition) is 1. The molecule has 17 heavy (non-hydrogen) atoms. The second-order valence-corrected chi connectivity index (χ2v) is 5.59. The maximum Gasteiger partial charge on any atom is 0.146 e. The molecule has 0 spiro atoms. The molecule has 0 bridgehead atoms. The molecule has 0 saturated heterocycles. The first-order valence-electron chi connectivity index (χ1n) is 5.84. The van der Waals surface area contributed by atoms with Gasteiger partial charge < -0.3 is 5.32 Å². The van der Waals surface area contributed by atoms with E-state index in [0.717, 1.165) is 13.0 Å². The Morgan fingerprint density at radius 3 is 2.65 bits per heavy atom. The van der Waals surface area contributed by atoms with Gasteiger partial charge in [0.05, 0.1) is 5.02 Å². The lowest BCUT2D eigenvalue weighted by Crippen LogP contribution is -2.27. The van der Waals surface area contributed by atoms with Gasteiger partial charge in [0.1, 0.15) is 5.82 Å². The highest BCUT2D eigenvalue weighted by Gasteiger charge is 2.17. The van der Waals surface area contributed by atoms with E-state index >= 15 is 0 Å². The molecule has 0 aliphatic carbocycles. The maximum atomic E-state index is 14.0. The van der Waals surface area contributed by atoms with Gasteiger partial charge in [-0.3, -0.25) is 0 Å². The largest absolute Gasteiger partial charge is 0.315 e. The fourth-order valence-corrected chi connectivity index (χ4v) is 2.49. The molecule has 1 rings (SSSR count). The van der Waals surface area contributed by atoms with E-state index in [4.69, 9.17) is 11.6 Å². The molecule has 1 aromatic rings. The Morgan fingerprint density at radius 1 is 1.41 bits per heavy atom. The van der Waals surface area contributed by atoms with Gasteiger partial charge in [-0.1, -0.05) is 31.5 Å². The monoisotopic (exact) mass is 321 g/mol. The van der Waals surface area contributed by atoms with Crippen LogP contribution in [0.4, 0.5) is 4.39 Å². The van der Waals surface area contributed by atoms with Crippen molar-refractivity contribution in [2.75, 3.05) is 6.54 Å². The van der Waals surface area contributed by atoms with Crippen LogP contribution in [-0.4, -0.2) is 12.6 Å². The molecule has 4 heteroatoms. The lowest BCUT2D eigenvalue weighted by atomic mass is 9.94. The Hall–Kier alpha value is -0.120. The van der Waals surface area contributed by atoms with Gasteiger partial charge >= 0.3 is 0 Å². The van der Waals surface area contributed by atoms with Crippen molar-refractivity contribution in [1.82, 2.24) is 5.32 Å². The smallest absolute Gasteiger partial charge is 0.146 e. The zero-order valence-corrected chi connectivity index (χ0v) is 12.7. The second-order valence-electron chi connectivity index (χ2n) is 4.36. The van der Waals surface area contributed by atoms with Gasteiger partial charge in [-0.2, -0.15) is 0 Å². The summed E-state index contributed by atoms with van der Waals surface area (Å²) >= 11 is 9.11. The SMILES string of the molecule is CCNC(C)CC(C)c1ccc(Br)c(Cl)c1F. The predicted molar refractivity (Wildman–Crippen MR) is 75.3 cm³/mol. The van der Waals surface area contributed by atoms with Gasteiger partial charge in [0.2, 0.25) is 0 Å². The summed E-state index contributed by atoms with van der Waals surface area (Å²) in [5.41, 5.74) is 0.683. The van der Waals surface area contributed by atoms with E-state index < -0.39 is 0 Å². The van der Waals surface area contributed by atoms with Gasteiger partial charge in [-0.25, -0.2) is 4.39 Å². The van der Waals surface area contributed by atoms with Crippen LogP contribution in [-0.2, 0) is 0 Å². The molecule has 0 saturated carbocycles. The van der Waals surface area contributed by atoms with E-state index in [9.17, 15) is 4.39 Å². The third-order valence-electron chi connectivity index (χ3n) is 2.86. The van der Waals surface area contributed by atoms with Crippen molar-refractivity contribution >= 4 is 27.5 Å². The van der Waals surface area contributed by atoms with Crippen molar-refractivity contribution in [1.29, 1.82) is 0 Å². The van der Waals surface area contributed by atoms with Crippen LogP contribution in [0, 0.1) is 5.82 Å². The van der Waals surface area contributed by atoms with E-state index in [1.807, 2.05) is 6.92 Å². The Kier molecular flexibility index (Phi) is 5.90. The van der Waals surface area contributed by atoms with E-state index in [0.29, 0.717) is 16.1 Å². The minimum atomic E-state index is -0.308. The Balaban J connectivity index is 2.82. The van der Waals surface area contributed by atoms with Gasteiger partial charge in [-0.15, -0.1) is 0 Å². The fourth-order valence-electron chi connectivity index (χ4n) is 2.01. The first kappa shape index (κ1) is 14.9. The highest BCUT2D eigenvalue weighted by molar-refractivity contribution is 9.10. The first-order valence-corrected chi connectivity index (χ1v) is 7.01. The molecule has 2 atom stereocenters. The summed E-state index contributed by atoms with van der Waals surface area (Å²) in [5.74, 6) is -0.160. The lowest BCUT2D eigenvalue weighted by Gasteiger charge is -2.19. The number of hydrogen-bond donors (Lipinski definition) is 1. The fraction of sp³-hybridized carbons (Fsp3) is 0.538. The molecule has 0 fully saturated rings. The Morgan fingerprint density at radius 2 is 2.06 bits per heavy atom. The molecule has 96 valence electrons. The average molecular weight is 323 g/mol. The number of rotatable bonds is 5. The molecule has 0 radical (unpaired) electrons. The molecule has 0 aromatic heterocycles. The van der Waals surface area contributed by atoms with Crippen molar-refractivity contribution in [3.05, 3.63) is 33.0 Å². The molecule has 0 amide bonds. The summed E-state index contributed by atoms with van der Waals surface area (Å²) in [7, 11) is 0. The minimum Gasteiger partial charge on any atom is -0.315 e. The zero-order chi connectivity index (χ0) is 13.0. The molecular weight excluding hydrogens is 305 g/mol. The standard InChI is InChI=1S/C13H18BrClFN/c1-4-17-9(3)7-8(2)10-5-6-11(14)12(15)13(10)16/h5-6,8-9,17H,4,7H2,1-3H3. The third kappa shape index (κ3) is 3.94. The quantitative estimate of drug-likeness (QED) is 0.773. The molecule has 1 nitrogen and oxygen atoms in total. The van der Waals surface area contributed by atoms with E-state index in [-0.39, 0.29) is 16.8 Å². The summed E-state index contributed by atoms with van der Waals surface area (Å²) in [6.07, 6.45) is 0.892. The predicted octanol–water partition coefficient (Wildman–Crippen LogP) is 4.73. The maximum absolute atomic E-state index is 14.0. The van der Waals surface area contributed by atoms with Gasteiger partial charge in [0.25, 0.3) is 0 Å². The molecule has 1 N–H and O–H groups in total. The number of halogens is 3. The van der Waals surface area contributed by atoms with Crippen LogP contribution in [0.25, 0.3) is 0 Å². The van der Waals surface area contributed by atoms with Crippen LogP contribution in [0.5, 0.6) is 0 Å². The van der Waals surface area contributed by atoms with Crippen molar-refractivity contribution in [3.63, 3.8) is 0 Å². The van der Waals surface area contributed by atoms with Crippen LogP contribution in [0.15, 0.2) is 16.6 Å². The molecule has 0 aliphatic heterocycles. The van der Waals surface area contributed by atoms with Crippen LogP contribution in [0.1, 0.15) is 38.7 Å². The van der Waals surface area contributed by atoms with Gasteiger partial charge in [0.15, 0.2) is 0 Å². The second kappa shape index (κ2) is 6.72. The minimum absolute atomic E-state index is 0.148. The van der Waals surface area contributed by atoms with Crippen LogP contribution in [0.3, 0.4) is 0 Å². The average Bonchev–Trinajstić information content (AvgIpc) is 2.26. The molecule has 1 aromatic carbocycles. The van der Waals surface area contributed by atoms with Crippen LogP contribution in [0.2, 0.25) is 5.02 Å². The van der Waals surface area contributed by atoms with E-state index in [2.05, 4.69) is 35.1 Å². The van der Waals surface area contributed by atoms with Crippen molar-refractivity contribution < 1.29 is 4.39 Å². The number of nitrogens with one attached hydrogen (secondary N) is 1. The lowest BCUT2D eigenvalue weighted by molar-refractivity contribution is 0.478. The van der Waals surface area contributed by atoms with E-state index in [1.54, 1.807) is 12.1 Å². The highest BCUT2D eigenvalue weighted by Crippen LogP contribution is 2.32. The van der Waals surface area contributed by atoms with Crippen molar-refractivity contribution in [2.45, 2.75) is 39.2 Å². The number of benzene rings is 1.